The zero-order valence-electron chi connectivity index (χ0n) is 15.2. The molecule has 160 valence electrons. The Morgan fingerprint density at radius 1 is 0.900 bits per heavy atom. The van der Waals surface area contributed by atoms with Crippen LogP contribution < -0.4 is 15.3 Å². The third-order valence-electron chi connectivity index (χ3n) is 4.12. The number of quaternary nitrogens is 1. The lowest BCUT2D eigenvalue weighted by Crippen LogP contribution is -2.89. The van der Waals surface area contributed by atoms with Crippen molar-refractivity contribution in [2.45, 2.75) is 0 Å². The number of halogens is 2. The molecule has 12 nitrogen and oxygen atoms in total. The van der Waals surface area contributed by atoms with Crippen LogP contribution in [-0.4, -0.2) is 40.9 Å². The van der Waals surface area contributed by atoms with Crippen LogP contribution in [-0.2, 0) is 0 Å². The molecule has 2 N–H and O–H groups in total. The molecule has 0 unspecified atom stereocenters. The van der Waals surface area contributed by atoms with Crippen LogP contribution in [0, 0.1) is 30.3 Å². The lowest BCUT2D eigenvalue weighted by atomic mass is 10.2. The molecule has 0 saturated carbocycles. The highest BCUT2D eigenvalue weighted by Crippen LogP contribution is 2.37. The maximum Gasteiger partial charge on any atom is 0.283 e. The number of anilines is 1. The van der Waals surface area contributed by atoms with Gasteiger partial charge in [-0.1, -0.05) is 29.3 Å². The van der Waals surface area contributed by atoms with Gasteiger partial charge in [0.1, 0.15) is 0 Å². The first-order valence-electron chi connectivity index (χ1n) is 8.42. The second-order valence-corrected chi connectivity index (χ2v) is 6.80. The molecule has 0 aromatic heterocycles. The van der Waals surface area contributed by atoms with E-state index in [-0.39, 0.29) is 0 Å². The smallest absolute Gasteiger partial charge is 0.283 e. The summed E-state index contributed by atoms with van der Waals surface area (Å²) in [6, 6.07) is 6.57. The fourth-order valence-electron chi connectivity index (χ4n) is 2.69. The van der Waals surface area contributed by atoms with Crippen LogP contribution in [0.5, 0.6) is 5.75 Å². The van der Waals surface area contributed by atoms with Crippen molar-refractivity contribution < 1.29 is 25.2 Å². The first-order valence-corrected chi connectivity index (χ1v) is 9.18. The van der Waals surface area contributed by atoms with E-state index in [1.165, 1.54) is 0 Å². The van der Waals surface area contributed by atoms with E-state index in [0.717, 1.165) is 31.9 Å². The van der Waals surface area contributed by atoms with Crippen LogP contribution >= 0.6 is 23.2 Å². The van der Waals surface area contributed by atoms with Gasteiger partial charge in [-0.05, 0) is 12.1 Å². The molecule has 3 rings (SSSR count). The first kappa shape index (κ1) is 23.1. The summed E-state index contributed by atoms with van der Waals surface area (Å²) in [5.41, 5.74) is -2.20. The quantitative estimate of drug-likeness (QED) is 0.532. The molecule has 1 aliphatic rings. The van der Waals surface area contributed by atoms with Gasteiger partial charge in [0.05, 0.1) is 74.6 Å². The minimum Gasteiger partial charge on any atom is -0.863 e. The molecule has 1 aliphatic heterocycles. The van der Waals surface area contributed by atoms with Crippen LogP contribution in [0.3, 0.4) is 0 Å². The molecule has 1 saturated heterocycles. The summed E-state index contributed by atoms with van der Waals surface area (Å²) in [5, 5.41) is 45.7. The van der Waals surface area contributed by atoms with Gasteiger partial charge in [0.25, 0.3) is 17.1 Å². The Hall–Kier alpha value is -3.22. The van der Waals surface area contributed by atoms with Crippen molar-refractivity contribution in [1.82, 2.24) is 0 Å². The Morgan fingerprint density at radius 2 is 1.43 bits per heavy atom. The highest BCUT2D eigenvalue weighted by Gasteiger charge is 2.24. The number of nitrogens with two attached hydrogens (primary N) is 1. The summed E-state index contributed by atoms with van der Waals surface area (Å²) in [7, 11) is 0. The molecule has 0 atom stereocenters. The average molecular weight is 460 g/mol. The van der Waals surface area contributed by atoms with Gasteiger partial charge in [-0.3, -0.25) is 30.3 Å². The largest absolute Gasteiger partial charge is 0.863 e. The van der Waals surface area contributed by atoms with Gasteiger partial charge in [-0.15, -0.1) is 0 Å². The Morgan fingerprint density at radius 3 is 1.90 bits per heavy atom. The second-order valence-electron chi connectivity index (χ2n) is 6.01. The molecule has 0 radical (unpaired) electrons. The van der Waals surface area contributed by atoms with Crippen LogP contribution in [0.2, 0.25) is 10.0 Å². The summed E-state index contributed by atoms with van der Waals surface area (Å²) in [6.45, 7) is 4.34. The van der Waals surface area contributed by atoms with Gasteiger partial charge in [0.15, 0.2) is 0 Å². The normalized spacial score (nSPS) is 13.2. The molecular formula is C16H15Cl2N5O7. The van der Waals surface area contributed by atoms with Gasteiger partial charge in [0.2, 0.25) is 0 Å². The van der Waals surface area contributed by atoms with E-state index in [2.05, 4.69) is 10.2 Å². The summed E-state index contributed by atoms with van der Waals surface area (Å²) < 4.78 is 0. The summed E-state index contributed by atoms with van der Waals surface area (Å²) >= 11 is 12.1. The molecule has 1 heterocycles. The van der Waals surface area contributed by atoms with Crippen LogP contribution in [0.15, 0.2) is 30.3 Å². The summed E-state index contributed by atoms with van der Waals surface area (Å²) in [4.78, 5) is 29.8. The maximum absolute atomic E-state index is 11.1. The zero-order valence-corrected chi connectivity index (χ0v) is 16.7. The second kappa shape index (κ2) is 10.0. The minimum absolute atomic E-state index is 0.384. The topological polar surface area (TPSA) is 172 Å². The van der Waals surface area contributed by atoms with Crippen molar-refractivity contribution in [3.63, 3.8) is 0 Å². The molecule has 0 aliphatic carbocycles. The molecule has 0 bridgehead atoms. The standard InChI is InChI=1S/C10H12Cl2N2.C6H3N3O7/c11-8-2-1-3-9(10(8)12)14-6-4-13-5-7-14;10-6-4(8(13)14)1-3(7(11)12)2-5(6)9(15)16/h1-3,13H,4-7H2;1-2,10H. The Kier molecular flexibility index (Phi) is 7.69. The monoisotopic (exact) mass is 459 g/mol. The zero-order chi connectivity index (χ0) is 22.4. The van der Waals surface area contributed by atoms with Crippen molar-refractivity contribution in [2.24, 2.45) is 0 Å². The predicted molar refractivity (Wildman–Crippen MR) is 106 cm³/mol. The van der Waals surface area contributed by atoms with Crippen molar-refractivity contribution in [3.8, 4) is 5.75 Å². The number of hydrogen-bond donors (Lipinski definition) is 1. The minimum atomic E-state index is -1.46. The summed E-state index contributed by atoms with van der Waals surface area (Å²) in [6.07, 6.45) is 0. The molecule has 30 heavy (non-hydrogen) atoms. The molecule has 2 aromatic carbocycles. The fourth-order valence-corrected chi connectivity index (χ4v) is 3.10. The molecule has 0 amide bonds. The third kappa shape index (κ3) is 5.43. The molecule has 2 aromatic rings. The Labute approximate surface area is 179 Å². The van der Waals surface area contributed by atoms with E-state index >= 15 is 0 Å². The molecule has 1 fully saturated rings. The predicted octanol–water partition coefficient (Wildman–Crippen LogP) is 1.86. The van der Waals surface area contributed by atoms with Crippen LogP contribution in [0.25, 0.3) is 0 Å². The number of piperazine rings is 1. The number of rotatable bonds is 4. The van der Waals surface area contributed by atoms with Gasteiger partial charge < -0.3 is 15.3 Å². The Bertz CT molecular complexity index is 947. The van der Waals surface area contributed by atoms with Gasteiger partial charge >= 0.3 is 0 Å². The van der Waals surface area contributed by atoms with Crippen molar-refractivity contribution in [3.05, 3.63) is 70.7 Å². The van der Waals surface area contributed by atoms with Crippen molar-refractivity contribution in [2.75, 3.05) is 31.1 Å². The number of hydrogen-bond acceptors (Lipinski definition) is 8. The van der Waals surface area contributed by atoms with E-state index in [1.807, 2.05) is 18.2 Å². The lowest BCUT2D eigenvalue weighted by molar-refractivity contribution is -0.655. The maximum atomic E-state index is 11.1. The van der Waals surface area contributed by atoms with Crippen molar-refractivity contribution >= 4 is 46.0 Å². The fraction of sp³-hybridized carbons (Fsp3) is 0.250. The first-order chi connectivity index (χ1) is 14.1. The van der Waals surface area contributed by atoms with Crippen molar-refractivity contribution in [1.29, 1.82) is 0 Å². The Balaban J connectivity index is 0.000000215. The number of benzene rings is 2. The van der Waals surface area contributed by atoms with E-state index in [0.29, 0.717) is 22.2 Å². The highest BCUT2D eigenvalue weighted by atomic mass is 35.5. The van der Waals surface area contributed by atoms with E-state index in [9.17, 15) is 35.4 Å². The number of nitro groups is 3. The number of nitrogens with zero attached hydrogens (tertiary/aromatic N) is 4. The van der Waals surface area contributed by atoms with Gasteiger partial charge in [0, 0.05) is 0 Å². The number of nitro benzene ring substituents is 3. The molecular weight excluding hydrogens is 445 g/mol. The number of non-ortho nitro benzene ring substituents is 1. The summed E-state index contributed by atoms with van der Waals surface area (Å²) in [5.74, 6) is -1.46. The molecule has 0 spiro atoms. The van der Waals surface area contributed by atoms with E-state index < -0.39 is 37.6 Å². The average Bonchev–Trinajstić information content (AvgIpc) is 2.70. The van der Waals surface area contributed by atoms with E-state index in [4.69, 9.17) is 23.2 Å². The highest BCUT2D eigenvalue weighted by molar-refractivity contribution is 6.43. The van der Waals surface area contributed by atoms with E-state index in [1.54, 1.807) is 0 Å². The SMILES string of the molecule is Clc1cccc(N2CC[NH2+]CC2)c1Cl.O=[N+]([O-])c1cc([N+](=O)[O-])c([O-])c([N+](=O)[O-])c1. The van der Waals surface area contributed by atoms with Crippen LogP contribution in [0.4, 0.5) is 22.7 Å². The third-order valence-corrected chi connectivity index (χ3v) is 4.93. The van der Waals surface area contributed by atoms with Gasteiger partial charge in [-0.25, -0.2) is 0 Å². The van der Waals surface area contributed by atoms with Crippen LogP contribution in [0.1, 0.15) is 0 Å². The lowest BCUT2D eigenvalue weighted by Gasteiger charge is -2.28. The molecule has 14 heteroatoms. The van der Waals surface area contributed by atoms with Gasteiger partial charge in [-0.2, -0.15) is 0 Å².